The van der Waals surface area contributed by atoms with Gasteiger partial charge in [0.2, 0.25) is 5.91 Å². The van der Waals surface area contributed by atoms with Gasteiger partial charge in [-0.1, -0.05) is 11.8 Å². The van der Waals surface area contributed by atoms with Crippen molar-refractivity contribution in [2.45, 2.75) is 25.2 Å². The van der Waals surface area contributed by atoms with Gasteiger partial charge in [-0.25, -0.2) is 0 Å². The van der Waals surface area contributed by atoms with Crippen molar-refractivity contribution in [3.05, 3.63) is 48.5 Å². The number of carbonyl (C=O) groups is 1. The Balaban J connectivity index is 1.29. The zero-order chi connectivity index (χ0) is 20.1. The molecule has 8 nitrogen and oxygen atoms in total. The van der Waals surface area contributed by atoms with Crippen LogP contribution in [0, 0.1) is 0 Å². The molecule has 1 saturated heterocycles. The average Bonchev–Trinajstić information content (AvgIpc) is 3.42. The fourth-order valence-corrected chi connectivity index (χ4v) is 4.43. The van der Waals surface area contributed by atoms with E-state index in [-0.39, 0.29) is 5.91 Å². The Morgan fingerprint density at radius 2 is 2.00 bits per heavy atom. The normalized spacial score (nSPS) is 15.0. The summed E-state index contributed by atoms with van der Waals surface area (Å²) in [7, 11) is 0. The standard InChI is InChI=1S/C20H24N6O2S/c1-2-26-19(17-4-3-13-28-17)22-23-20(26)29-15-18(27)25-11-9-24(10-12-25)14-16-5-7-21-8-6-16/h3-8,13H,2,9-12,14-15H2,1H3/p+1. The minimum absolute atomic E-state index is 0.156. The SMILES string of the molecule is CCn1c(SCC(=O)N2CC[NH+](Cc3ccncc3)CC2)nnc1-c1ccco1. The highest BCUT2D eigenvalue weighted by atomic mass is 32.2. The van der Waals surface area contributed by atoms with Crippen LogP contribution in [0.2, 0.25) is 0 Å². The van der Waals surface area contributed by atoms with Crippen molar-refractivity contribution in [2.24, 2.45) is 0 Å². The molecule has 0 bridgehead atoms. The Morgan fingerprint density at radius 3 is 2.69 bits per heavy atom. The molecular weight excluding hydrogens is 388 g/mol. The summed E-state index contributed by atoms with van der Waals surface area (Å²) in [6.45, 7) is 7.24. The largest absolute Gasteiger partial charge is 0.461 e. The van der Waals surface area contributed by atoms with Gasteiger partial charge in [0.05, 0.1) is 38.2 Å². The van der Waals surface area contributed by atoms with Crippen LogP contribution in [0.1, 0.15) is 12.5 Å². The van der Waals surface area contributed by atoms with Crippen LogP contribution >= 0.6 is 11.8 Å². The third kappa shape index (κ3) is 4.68. The second-order valence-electron chi connectivity index (χ2n) is 6.98. The molecule has 1 aliphatic heterocycles. The van der Waals surface area contributed by atoms with Crippen LogP contribution in [0.25, 0.3) is 11.6 Å². The van der Waals surface area contributed by atoms with Crippen molar-refractivity contribution < 1.29 is 14.1 Å². The van der Waals surface area contributed by atoms with Gasteiger partial charge < -0.3 is 14.2 Å². The van der Waals surface area contributed by atoms with Crippen molar-refractivity contribution in [1.29, 1.82) is 0 Å². The highest BCUT2D eigenvalue weighted by Crippen LogP contribution is 2.24. The summed E-state index contributed by atoms with van der Waals surface area (Å²) in [6, 6.07) is 7.81. The minimum atomic E-state index is 0.156. The van der Waals surface area contributed by atoms with Gasteiger partial charge in [-0.05, 0) is 31.2 Å². The Morgan fingerprint density at radius 1 is 1.21 bits per heavy atom. The summed E-state index contributed by atoms with van der Waals surface area (Å²) in [5.41, 5.74) is 1.29. The van der Waals surface area contributed by atoms with E-state index < -0.39 is 0 Å². The highest BCUT2D eigenvalue weighted by Gasteiger charge is 2.24. The van der Waals surface area contributed by atoms with Crippen LogP contribution in [0.3, 0.4) is 0 Å². The van der Waals surface area contributed by atoms with Crippen molar-refractivity contribution in [1.82, 2.24) is 24.6 Å². The van der Waals surface area contributed by atoms with Gasteiger partial charge in [-0.2, -0.15) is 0 Å². The average molecular weight is 414 g/mol. The molecule has 1 N–H and O–H groups in total. The number of nitrogens with zero attached hydrogens (tertiary/aromatic N) is 5. The van der Waals surface area contributed by atoms with E-state index in [1.165, 1.54) is 22.2 Å². The number of aromatic nitrogens is 4. The van der Waals surface area contributed by atoms with E-state index in [4.69, 9.17) is 4.42 Å². The predicted octanol–water partition coefficient (Wildman–Crippen LogP) is 0.972. The number of rotatable bonds is 7. The molecule has 1 aliphatic rings. The first-order valence-electron chi connectivity index (χ1n) is 9.84. The topological polar surface area (TPSA) is 81.5 Å². The predicted molar refractivity (Wildman–Crippen MR) is 109 cm³/mol. The van der Waals surface area contributed by atoms with Gasteiger partial charge in [-0.15, -0.1) is 10.2 Å². The fourth-order valence-electron chi connectivity index (χ4n) is 3.52. The molecule has 3 aromatic rings. The van der Waals surface area contributed by atoms with E-state index in [9.17, 15) is 4.79 Å². The van der Waals surface area contributed by atoms with E-state index in [1.54, 1.807) is 6.26 Å². The molecule has 152 valence electrons. The maximum absolute atomic E-state index is 12.7. The molecular formula is C20H25N6O2S+. The van der Waals surface area contributed by atoms with Crippen molar-refractivity contribution >= 4 is 17.7 Å². The van der Waals surface area contributed by atoms with E-state index >= 15 is 0 Å². The molecule has 3 aromatic heterocycles. The maximum atomic E-state index is 12.7. The fraction of sp³-hybridized carbons (Fsp3) is 0.400. The second-order valence-corrected chi connectivity index (χ2v) is 7.92. The lowest BCUT2D eigenvalue weighted by Gasteiger charge is -2.32. The Hall–Kier alpha value is -2.65. The van der Waals surface area contributed by atoms with Crippen LogP contribution in [-0.2, 0) is 17.9 Å². The molecule has 0 saturated carbocycles. The molecule has 4 heterocycles. The summed E-state index contributed by atoms with van der Waals surface area (Å²) < 4.78 is 7.41. The number of nitrogens with one attached hydrogen (secondary N) is 1. The number of amides is 1. The van der Waals surface area contributed by atoms with Gasteiger partial charge >= 0.3 is 0 Å². The molecule has 0 radical (unpaired) electrons. The monoisotopic (exact) mass is 413 g/mol. The van der Waals surface area contributed by atoms with Crippen molar-refractivity contribution in [3.63, 3.8) is 0 Å². The first kappa shape index (κ1) is 19.7. The molecule has 1 fully saturated rings. The molecule has 4 rings (SSSR count). The first-order chi connectivity index (χ1) is 14.2. The Kier molecular flexibility index (Phi) is 6.26. The molecule has 9 heteroatoms. The third-order valence-electron chi connectivity index (χ3n) is 5.13. The first-order valence-corrected chi connectivity index (χ1v) is 10.8. The molecule has 1 amide bonds. The number of hydrogen-bond acceptors (Lipinski definition) is 6. The van der Waals surface area contributed by atoms with Gasteiger partial charge in [0.1, 0.15) is 6.54 Å². The number of hydrogen-bond donors (Lipinski definition) is 1. The number of thioether (sulfide) groups is 1. The summed E-state index contributed by atoms with van der Waals surface area (Å²) in [5, 5.41) is 9.23. The van der Waals surface area contributed by atoms with Crippen LogP contribution in [0.5, 0.6) is 0 Å². The van der Waals surface area contributed by atoms with Gasteiger partial charge in [-0.3, -0.25) is 14.3 Å². The van der Waals surface area contributed by atoms with E-state index in [2.05, 4.69) is 27.3 Å². The van der Waals surface area contributed by atoms with Crippen LogP contribution in [-0.4, -0.2) is 62.5 Å². The smallest absolute Gasteiger partial charge is 0.233 e. The molecule has 0 unspecified atom stereocenters. The number of furan rings is 1. The van der Waals surface area contributed by atoms with E-state index in [0.29, 0.717) is 17.3 Å². The number of carbonyl (C=O) groups excluding carboxylic acids is 1. The summed E-state index contributed by atoms with van der Waals surface area (Å²) in [5.74, 6) is 1.91. The quantitative estimate of drug-likeness (QED) is 0.582. The number of pyridine rings is 1. The molecule has 0 atom stereocenters. The van der Waals surface area contributed by atoms with Gasteiger partial charge in [0.25, 0.3) is 0 Å². The van der Waals surface area contributed by atoms with Crippen LogP contribution in [0.4, 0.5) is 0 Å². The van der Waals surface area contributed by atoms with Gasteiger partial charge in [0, 0.05) is 24.5 Å². The summed E-state index contributed by atoms with van der Waals surface area (Å²) in [6.07, 6.45) is 5.28. The summed E-state index contributed by atoms with van der Waals surface area (Å²) >= 11 is 1.44. The Bertz CT molecular complexity index is 920. The minimum Gasteiger partial charge on any atom is -0.461 e. The van der Waals surface area contributed by atoms with E-state index in [1.807, 2.05) is 40.9 Å². The molecule has 0 aliphatic carbocycles. The number of piperazine rings is 1. The lowest BCUT2D eigenvalue weighted by atomic mass is 10.2. The third-order valence-corrected chi connectivity index (χ3v) is 6.08. The van der Waals surface area contributed by atoms with Gasteiger partial charge in [0.15, 0.2) is 16.7 Å². The van der Waals surface area contributed by atoms with Crippen molar-refractivity contribution in [2.75, 3.05) is 31.9 Å². The Labute approximate surface area is 173 Å². The lowest BCUT2D eigenvalue weighted by molar-refractivity contribution is -0.917. The highest BCUT2D eigenvalue weighted by molar-refractivity contribution is 7.99. The van der Waals surface area contributed by atoms with Crippen molar-refractivity contribution in [3.8, 4) is 11.6 Å². The second kappa shape index (κ2) is 9.23. The number of quaternary nitrogens is 1. The maximum Gasteiger partial charge on any atom is 0.233 e. The summed E-state index contributed by atoms with van der Waals surface area (Å²) in [4.78, 5) is 20.2. The van der Waals surface area contributed by atoms with Crippen LogP contribution in [0.15, 0.2) is 52.5 Å². The zero-order valence-corrected chi connectivity index (χ0v) is 17.3. The lowest BCUT2D eigenvalue weighted by Crippen LogP contribution is -3.13. The molecule has 0 aromatic carbocycles. The molecule has 29 heavy (non-hydrogen) atoms. The molecule has 0 spiro atoms. The zero-order valence-electron chi connectivity index (χ0n) is 16.5. The van der Waals surface area contributed by atoms with E-state index in [0.717, 1.165) is 44.4 Å². The van der Waals surface area contributed by atoms with Crippen LogP contribution < -0.4 is 4.90 Å².